The number of hydrogen-bond donors (Lipinski definition) is 5. The third-order valence-electron chi connectivity index (χ3n) is 4.53. The van der Waals surface area contributed by atoms with Gasteiger partial charge in [-0.25, -0.2) is 0 Å². The van der Waals surface area contributed by atoms with Crippen LogP contribution in [0.25, 0.3) is 0 Å². The minimum atomic E-state index is -1.17. The molecule has 0 radical (unpaired) electrons. The van der Waals surface area contributed by atoms with Crippen LogP contribution < -0.4 is 22.1 Å². The molecule has 13 heteroatoms. The van der Waals surface area contributed by atoms with Gasteiger partial charge in [0.1, 0.15) is 12.3 Å². The van der Waals surface area contributed by atoms with Crippen molar-refractivity contribution >= 4 is 57.8 Å². The third-order valence-corrected chi connectivity index (χ3v) is 6.34. The average Bonchev–Trinajstić information content (AvgIpc) is 2.85. The maximum atomic E-state index is 12.4. The number of thioether (sulfide) groups is 2. The molecular formula is C22H30N4O7S2. The Balaban J connectivity index is 2.34. The number of rotatable bonds is 16. The van der Waals surface area contributed by atoms with Crippen LogP contribution in [-0.2, 0) is 19.2 Å². The summed E-state index contributed by atoms with van der Waals surface area (Å²) >= 11 is 1.99. The summed E-state index contributed by atoms with van der Waals surface area (Å²) < 4.78 is 0. The van der Waals surface area contributed by atoms with E-state index in [4.69, 9.17) is 16.6 Å². The first-order valence-electron chi connectivity index (χ1n) is 10.8. The van der Waals surface area contributed by atoms with Crippen molar-refractivity contribution in [3.05, 3.63) is 35.4 Å². The van der Waals surface area contributed by atoms with E-state index in [1.54, 1.807) is 18.2 Å². The second kappa shape index (κ2) is 16.8. The van der Waals surface area contributed by atoms with E-state index in [0.717, 1.165) is 23.5 Å². The first kappa shape index (κ1) is 30.3. The van der Waals surface area contributed by atoms with E-state index in [1.807, 2.05) is 0 Å². The van der Waals surface area contributed by atoms with E-state index in [9.17, 15) is 28.8 Å². The van der Waals surface area contributed by atoms with Crippen molar-refractivity contribution in [2.75, 3.05) is 24.6 Å². The summed E-state index contributed by atoms with van der Waals surface area (Å²) in [5.41, 5.74) is 11.5. The summed E-state index contributed by atoms with van der Waals surface area (Å²) in [4.78, 5) is 69.2. The fourth-order valence-corrected chi connectivity index (χ4v) is 3.93. The lowest BCUT2D eigenvalue weighted by Gasteiger charge is -2.08. The van der Waals surface area contributed by atoms with Crippen molar-refractivity contribution in [1.82, 2.24) is 10.6 Å². The van der Waals surface area contributed by atoms with Crippen molar-refractivity contribution in [2.24, 2.45) is 11.5 Å². The number of hydrogen-bond acceptors (Lipinski definition) is 10. The van der Waals surface area contributed by atoms with Crippen LogP contribution in [0.1, 0.15) is 46.4 Å². The molecule has 35 heavy (non-hydrogen) atoms. The highest BCUT2D eigenvalue weighted by molar-refractivity contribution is 8.14. The Labute approximate surface area is 211 Å². The van der Waals surface area contributed by atoms with Crippen LogP contribution in [0.15, 0.2) is 24.3 Å². The fourth-order valence-electron chi connectivity index (χ4n) is 2.56. The van der Waals surface area contributed by atoms with Gasteiger partial charge in [-0.2, -0.15) is 0 Å². The number of nitrogens with one attached hydrogen (secondary N) is 2. The number of carbonyl (C=O) groups is 6. The van der Waals surface area contributed by atoms with Crippen LogP contribution in [0.4, 0.5) is 0 Å². The molecule has 2 atom stereocenters. The molecule has 192 valence electrons. The fraction of sp³-hybridized carbons (Fsp3) is 0.455. The third kappa shape index (κ3) is 13.1. The molecular weight excluding hydrogens is 496 g/mol. The number of aldehydes is 1. The van der Waals surface area contributed by atoms with Crippen LogP contribution in [0.5, 0.6) is 0 Å². The molecule has 1 aromatic rings. The molecule has 11 nitrogen and oxygen atoms in total. The van der Waals surface area contributed by atoms with Gasteiger partial charge < -0.3 is 32.0 Å². The number of aliphatic carboxylic acids is 1. The van der Waals surface area contributed by atoms with Crippen LogP contribution in [-0.4, -0.2) is 76.1 Å². The van der Waals surface area contributed by atoms with E-state index in [-0.39, 0.29) is 60.8 Å². The van der Waals surface area contributed by atoms with Gasteiger partial charge in [-0.05, 0) is 18.9 Å². The first-order chi connectivity index (χ1) is 16.6. The zero-order valence-electron chi connectivity index (χ0n) is 19.1. The Morgan fingerprint density at radius 2 is 1.37 bits per heavy atom. The van der Waals surface area contributed by atoms with Crippen molar-refractivity contribution in [3.8, 4) is 0 Å². The minimum Gasteiger partial charge on any atom is -0.480 e. The molecule has 0 aromatic heterocycles. The van der Waals surface area contributed by atoms with Gasteiger partial charge in [0.15, 0.2) is 0 Å². The molecule has 2 amide bonds. The van der Waals surface area contributed by atoms with Gasteiger partial charge in [0.25, 0.3) is 0 Å². The highest BCUT2D eigenvalue weighted by Gasteiger charge is 2.14. The predicted octanol–water partition coefficient (Wildman–Crippen LogP) is 0.164. The lowest BCUT2D eigenvalue weighted by Crippen LogP contribution is -2.33. The van der Waals surface area contributed by atoms with Gasteiger partial charge in [0, 0.05) is 48.6 Å². The summed E-state index contributed by atoms with van der Waals surface area (Å²) in [6.07, 6.45) is 0.971. The lowest BCUT2D eigenvalue weighted by molar-refractivity contribution is -0.138. The molecule has 0 heterocycles. The Kier molecular flexibility index (Phi) is 14.6. The first-order valence-corrected chi connectivity index (χ1v) is 12.8. The van der Waals surface area contributed by atoms with Gasteiger partial charge in [-0.3, -0.25) is 24.0 Å². The molecule has 1 rings (SSSR count). The largest absolute Gasteiger partial charge is 0.480 e. The molecule has 0 fully saturated rings. The number of carboxylic acids is 1. The molecule has 0 aliphatic heterocycles. The van der Waals surface area contributed by atoms with Crippen LogP contribution >= 0.6 is 23.5 Å². The summed E-state index contributed by atoms with van der Waals surface area (Å²) in [6.45, 7) is 0.493. The van der Waals surface area contributed by atoms with Gasteiger partial charge in [0.2, 0.25) is 22.0 Å². The number of carboxylic acid groups (broad SMARTS) is 1. The summed E-state index contributed by atoms with van der Waals surface area (Å²) in [5.74, 6) is -1.12. The number of carbonyl (C=O) groups excluding carboxylic acids is 5. The van der Waals surface area contributed by atoms with Gasteiger partial charge in [0.05, 0.1) is 6.04 Å². The van der Waals surface area contributed by atoms with Crippen LogP contribution in [0, 0.1) is 0 Å². The summed E-state index contributed by atoms with van der Waals surface area (Å²) in [5, 5.41) is 13.4. The van der Waals surface area contributed by atoms with Gasteiger partial charge in [-0.1, -0.05) is 41.7 Å². The molecule has 0 saturated carbocycles. The Morgan fingerprint density at radius 3 is 1.83 bits per heavy atom. The van der Waals surface area contributed by atoms with Crippen molar-refractivity contribution in [3.63, 3.8) is 0 Å². The van der Waals surface area contributed by atoms with E-state index < -0.39 is 18.1 Å². The van der Waals surface area contributed by atoms with Crippen molar-refractivity contribution in [1.29, 1.82) is 0 Å². The zero-order chi connectivity index (χ0) is 26.2. The highest BCUT2D eigenvalue weighted by atomic mass is 32.2. The van der Waals surface area contributed by atoms with E-state index in [1.165, 1.54) is 6.07 Å². The van der Waals surface area contributed by atoms with Crippen molar-refractivity contribution in [2.45, 2.75) is 37.8 Å². The molecule has 0 saturated heterocycles. The topological polar surface area (TPSA) is 199 Å². The maximum Gasteiger partial charge on any atom is 0.320 e. The van der Waals surface area contributed by atoms with E-state index in [0.29, 0.717) is 28.9 Å². The van der Waals surface area contributed by atoms with Crippen molar-refractivity contribution < 1.29 is 33.9 Å². The molecule has 1 aromatic carbocycles. The lowest BCUT2D eigenvalue weighted by atomic mass is 10.1. The standard InChI is InChI=1S/C22H30N4O7S2/c23-16(13-27)4-6-18(28)25-8-10-34-21(32)14-2-1-3-15(12-14)22(33)35-11-9-26-19(29)7-5-17(24)20(30)31/h1-3,12-13,16-17H,4-11,23-24H2,(H,25,28)(H,26,29)(H,30,31). The minimum absolute atomic E-state index is 0.0219. The number of amides is 2. The van der Waals surface area contributed by atoms with Crippen LogP contribution in [0.3, 0.4) is 0 Å². The number of benzene rings is 1. The van der Waals surface area contributed by atoms with Crippen LogP contribution in [0.2, 0.25) is 0 Å². The SMILES string of the molecule is NC(C=O)CCC(=O)NCCSC(=O)c1cccc(C(=O)SCCNC(=O)CCC(N)C(=O)O)c1. The van der Waals surface area contributed by atoms with Gasteiger partial charge >= 0.3 is 5.97 Å². The Hall–Kier alpha value is -2.74. The summed E-state index contributed by atoms with van der Waals surface area (Å²) in [6, 6.07) is 4.52. The monoisotopic (exact) mass is 526 g/mol. The van der Waals surface area contributed by atoms with E-state index in [2.05, 4.69) is 10.6 Å². The zero-order valence-corrected chi connectivity index (χ0v) is 20.7. The smallest absolute Gasteiger partial charge is 0.320 e. The van der Waals surface area contributed by atoms with E-state index >= 15 is 0 Å². The summed E-state index contributed by atoms with van der Waals surface area (Å²) in [7, 11) is 0. The molecule has 2 unspecified atom stereocenters. The van der Waals surface area contributed by atoms with Gasteiger partial charge in [-0.15, -0.1) is 0 Å². The molecule has 0 aliphatic rings. The highest BCUT2D eigenvalue weighted by Crippen LogP contribution is 2.17. The predicted molar refractivity (Wildman–Crippen MR) is 134 cm³/mol. The number of nitrogens with two attached hydrogens (primary N) is 2. The second-order valence-corrected chi connectivity index (χ2v) is 9.51. The quantitative estimate of drug-likeness (QED) is 0.145. The Bertz CT molecular complexity index is 914. The maximum absolute atomic E-state index is 12.4. The Morgan fingerprint density at radius 1 is 0.886 bits per heavy atom. The molecule has 7 N–H and O–H groups in total. The second-order valence-electron chi connectivity index (χ2n) is 7.37. The molecule has 0 spiro atoms. The molecule has 0 bridgehead atoms. The molecule has 0 aliphatic carbocycles. The average molecular weight is 527 g/mol. The normalized spacial score (nSPS) is 12.3.